The highest BCUT2D eigenvalue weighted by atomic mass is 16.5. The molecule has 0 unspecified atom stereocenters. The number of ether oxygens (including phenoxy) is 1. The molecular formula is C19H20N2O3. The van der Waals surface area contributed by atoms with Crippen molar-refractivity contribution in [2.75, 3.05) is 14.1 Å². The Bertz CT molecular complexity index is 877. The fourth-order valence-electron chi connectivity index (χ4n) is 2.60. The molecule has 0 N–H and O–H groups in total. The average Bonchev–Trinajstić information content (AvgIpc) is 2.89. The Morgan fingerprint density at radius 2 is 1.83 bits per heavy atom. The van der Waals surface area contributed by atoms with Crippen LogP contribution in [-0.4, -0.2) is 30.1 Å². The maximum atomic E-state index is 12.5. The summed E-state index contributed by atoms with van der Waals surface area (Å²) >= 11 is 0. The number of fused-ring (bicyclic) bond motifs is 1. The van der Waals surface area contributed by atoms with Gasteiger partial charge in [0.2, 0.25) is 0 Å². The maximum absolute atomic E-state index is 12.5. The van der Waals surface area contributed by atoms with Crippen molar-refractivity contribution in [2.45, 2.75) is 20.5 Å². The molecule has 0 saturated heterocycles. The monoisotopic (exact) mass is 324 g/mol. The molecule has 24 heavy (non-hydrogen) atoms. The summed E-state index contributed by atoms with van der Waals surface area (Å²) in [4.78, 5) is 14.1. The van der Waals surface area contributed by atoms with E-state index in [1.165, 1.54) is 0 Å². The molecule has 1 amide bonds. The van der Waals surface area contributed by atoms with E-state index in [0.29, 0.717) is 17.9 Å². The van der Waals surface area contributed by atoms with Crippen LogP contribution in [0.25, 0.3) is 10.8 Å². The van der Waals surface area contributed by atoms with E-state index in [2.05, 4.69) is 5.16 Å². The Morgan fingerprint density at radius 1 is 1.17 bits per heavy atom. The fourth-order valence-corrected chi connectivity index (χ4v) is 2.60. The molecule has 3 aromatic rings. The van der Waals surface area contributed by atoms with Crippen molar-refractivity contribution in [3.05, 3.63) is 59.0 Å². The SMILES string of the molecule is Cc1noc(C)c1COc1cc2ccccc2cc1C(=O)N(C)C. The van der Waals surface area contributed by atoms with Crippen LogP contribution < -0.4 is 4.74 Å². The number of amides is 1. The number of rotatable bonds is 4. The first-order chi connectivity index (χ1) is 11.5. The van der Waals surface area contributed by atoms with Crippen LogP contribution in [-0.2, 0) is 6.61 Å². The van der Waals surface area contributed by atoms with E-state index < -0.39 is 0 Å². The van der Waals surface area contributed by atoms with E-state index in [9.17, 15) is 4.79 Å². The van der Waals surface area contributed by atoms with E-state index in [0.717, 1.165) is 27.8 Å². The molecule has 0 aliphatic rings. The first-order valence-corrected chi connectivity index (χ1v) is 7.76. The van der Waals surface area contributed by atoms with Crippen molar-refractivity contribution in [1.82, 2.24) is 10.1 Å². The van der Waals surface area contributed by atoms with Crippen molar-refractivity contribution in [3.8, 4) is 5.75 Å². The molecule has 0 bridgehead atoms. The van der Waals surface area contributed by atoms with Gasteiger partial charge in [-0.15, -0.1) is 0 Å². The molecule has 0 saturated carbocycles. The standard InChI is InChI=1S/C19H20N2O3/c1-12-17(13(2)24-20-12)11-23-18-10-15-8-6-5-7-14(15)9-16(18)19(22)21(3)4/h5-10H,11H2,1-4H3. The number of carbonyl (C=O) groups is 1. The highest BCUT2D eigenvalue weighted by Crippen LogP contribution is 2.28. The maximum Gasteiger partial charge on any atom is 0.257 e. The second-order valence-corrected chi connectivity index (χ2v) is 5.99. The zero-order chi connectivity index (χ0) is 17.3. The molecular weight excluding hydrogens is 304 g/mol. The van der Waals surface area contributed by atoms with Crippen LogP contribution in [0.4, 0.5) is 0 Å². The van der Waals surface area contributed by atoms with Gasteiger partial charge in [-0.05, 0) is 36.8 Å². The molecule has 0 atom stereocenters. The summed E-state index contributed by atoms with van der Waals surface area (Å²) < 4.78 is 11.1. The Balaban J connectivity index is 2.01. The quantitative estimate of drug-likeness (QED) is 0.734. The van der Waals surface area contributed by atoms with E-state index in [1.807, 2.05) is 50.2 Å². The zero-order valence-corrected chi connectivity index (χ0v) is 14.3. The molecule has 0 aliphatic heterocycles. The second-order valence-electron chi connectivity index (χ2n) is 5.99. The van der Waals surface area contributed by atoms with Crippen LogP contribution in [0.2, 0.25) is 0 Å². The number of carbonyl (C=O) groups excluding carboxylic acids is 1. The van der Waals surface area contributed by atoms with E-state index in [-0.39, 0.29) is 5.91 Å². The fraction of sp³-hybridized carbons (Fsp3) is 0.263. The van der Waals surface area contributed by atoms with Crippen molar-refractivity contribution >= 4 is 16.7 Å². The summed E-state index contributed by atoms with van der Waals surface area (Å²) in [5.41, 5.74) is 2.26. The van der Waals surface area contributed by atoms with Crippen LogP contribution in [0.15, 0.2) is 40.9 Å². The minimum absolute atomic E-state index is 0.0884. The molecule has 0 spiro atoms. The van der Waals surface area contributed by atoms with E-state index in [1.54, 1.807) is 19.0 Å². The van der Waals surface area contributed by atoms with Crippen LogP contribution in [0.3, 0.4) is 0 Å². The predicted octanol–water partition coefficient (Wildman–Crippen LogP) is 3.73. The number of hydrogen-bond donors (Lipinski definition) is 0. The molecule has 1 heterocycles. The van der Waals surface area contributed by atoms with Crippen LogP contribution in [0, 0.1) is 13.8 Å². The number of aryl methyl sites for hydroxylation is 2. The molecule has 0 radical (unpaired) electrons. The number of aromatic nitrogens is 1. The van der Waals surface area contributed by atoms with Gasteiger partial charge in [-0.2, -0.15) is 0 Å². The third kappa shape index (κ3) is 2.97. The smallest absolute Gasteiger partial charge is 0.257 e. The van der Waals surface area contributed by atoms with Gasteiger partial charge in [0, 0.05) is 14.1 Å². The highest BCUT2D eigenvalue weighted by Gasteiger charge is 2.17. The minimum atomic E-state index is -0.0884. The molecule has 3 rings (SSSR count). The van der Waals surface area contributed by atoms with Gasteiger partial charge in [0.15, 0.2) is 0 Å². The molecule has 2 aromatic carbocycles. The third-order valence-electron chi connectivity index (χ3n) is 4.04. The summed E-state index contributed by atoms with van der Waals surface area (Å²) in [5.74, 6) is 1.20. The Kier molecular flexibility index (Phi) is 4.25. The summed E-state index contributed by atoms with van der Waals surface area (Å²) in [5, 5.41) is 5.97. The number of nitrogens with zero attached hydrogens (tertiary/aromatic N) is 2. The lowest BCUT2D eigenvalue weighted by molar-refractivity contribution is 0.0823. The van der Waals surface area contributed by atoms with Gasteiger partial charge in [0.1, 0.15) is 18.1 Å². The van der Waals surface area contributed by atoms with Crippen LogP contribution in [0.5, 0.6) is 5.75 Å². The van der Waals surface area contributed by atoms with Gasteiger partial charge in [0.25, 0.3) is 5.91 Å². The lowest BCUT2D eigenvalue weighted by Crippen LogP contribution is -2.22. The average molecular weight is 324 g/mol. The van der Waals surface area contributed by atoms with Crippen LogP contribution >= 0.6 is 0 Å². The van der Waals surface area contributed by atoms with E-state index in [4.69, 9.17) is 9.26 Å². The Labute approximate surface area is 140 Å². The Hall–Kier alpha value is -2.82. The largest absolute Gasteiger partial charge is 0.488 e. The summed E-state index contributed by atoms with van der Waals surface area (Å²) in [6.07, 6.45) is 0. The van der Waals surface area contributed by atoms with Crippen molar-refractivity contribution in [1.29, 1.82) is 0 Å². The van der Waals surface area contributed by atoms with Crippen molar-refractivity contribution in [3.63, 3.8) is 0 Å². The number of hydrogen-bond acceptors (Lipinski definition) is 4. The molecule has 5 nitrogen and oxygen atoms in total. The lowest BCUT2D eigenvalue weighted by atomic mass is 10.0. The van der Waals surface area contributed by atoms with Gasteiger partial charge < -0.3 is 14.2 Å². The van der Waals surface area contributed by atoms with Gasteiger partial charge in [-0.1, -0.05) is 29.4 Å². The van der Waals surface area contributed by atoms with Crippen LogP contribution in [0.1, 0.15) is 27.4 Å². The van der Waals surface area contributed by atoms with Gasteiger partial charge in [-0.25, -0.2) is 0 Å². The van der Waals surface area contributed by atoms with Gasteiger partial charge >= 0.3 is 0 Å². The summed E-state index contributed by atoms with van der Waals surface area (Å²) in [6.45, 7) is 4.04. The zero-order valence-electron chi connectivity index (χ0n) is 14.3. The Morgan fingerprint density at radius 3 is 2.42 bits per heavy atom. The summed E-state index contributed by atoms with van der Waals surface area (Å²) in [6, 6.07) is 11.7. The predicted molar refractivity (Wildman–Crippen MR) is 92.3 cm³/mol. The molecule has 124 valence electrons. The first-order valence-electron chi connectivity index (χ1n) is 7.76. The van der Waals surface area contributed by atoms with Crippen molar-refractivity contribution in [2.24, 2.45) is 0 Å². The van der Waals surface area contributed by atoms with Gasteiger partial charge in [-0.3, -0.25) is 4.79 Å². The number of benzene rings is 2. The van der Waals surface area contributed by atoms with Gasteiger partial charge in [0.05, 0.1) is 16.8 Å². The second kappa shape index (κ2) is 6.35. The van der Waals surface area contributed by atoms with Crippen molar-refractivity contribution < 1.29 is 14.1 Å². The molecule has 0 aliphatic carbocycles. The summed E-state index contributed by atoms with van der Waals surface area (Å²) in [7, 11) is 3.46. The highest BCUT2D eigenvalue weighted by molar-refractivity contribution is 6.01. The minimum Gasteiger partial charge on any atom is -0.488 e. The molecule has 0 fully saturated rings. The third-order valence-corrected chi connectivity index (χ3v) is 4.04. The topological polar surface area (TPSA) is 55.6 Å². The normalized spacial score (nSPS) is 10.8. The molecule has 1 aromatic heterocycles. The molecule has 5 heteroatoms. The van der Waals surface area contributed by atoms with E-state index >= 15 is 0 Å². The first kappa shape index (κ1) is 16.1. The lowest BCUT2D eigenvalue weighted by Gasteiger charge is -2.16.